The highest BCUT2D eigenvalue weighted by Gasteiger charge is 2.13. The summed E-state index contributed by atoms with van der Waals surface area (Å²) < 4.78 is 5.27. The van der Waals surface area contributed by atoms with Gasteiger partial charge in [-0.15, -0.1) is 0 Å². The monoisotopic (exact) mass is 133 g/mol. The summed E-state index contributed by atoms with van der Waals surface area (Å²) in [6.07, 6.45) is 3.61. The predicted octanol–water partition coefficient (Wildman–Crippen LogP) is 0.655. The van der Waals surface area contributed by atoms with Gasteiger partial charge >= 0.3 is 0 Å². The molecular formula is C6H13OS+. The Morgan fingerprint density at radius 1 is 1.25 bits per heavy atom. The van der Waals surface area contributed by atoms with Crippen molar-refractivity contribution in [1.82, 2.24) is 0 Å². The van der Waals surface area contributed by atoms with Crippen molar-refractivity contribution in [3.8, 4) is 0 Å². The first-order valence-corrected chi connectivity index (χ1v) is 5.03. The van der Waals surface area contributed by atoms with Crippen LogP contribution in [-0.2, 0) is 15.6 Å². The van der Waals surface area contributed by atoms with Gasteiger partial charge in [-0.1, -0.05) is 0 Å². The Balaban J connectivity index is 2.17. The molecule has 1 saturated heterocycles. The number of hydrogen-bond acceptors (Lipinski definition) is 1. The van der Waals surface area contributed by atoms with E-state index in [1.165, 1.54) is 17.9 Å². The molecule has 48 valence electrons. The molecule has 0 aromatic rings. The molecule has 0 saturated carbocycles. The van der Waals surface area contributed by atoms with Crippen LogP contribution < -0.4 is 0 Å². The zero-order chi connectivity index (χ0) is 5.82. The van der Waals surface area contributed by atoms with Crippen molar-refractivity contribution in [2.75, 3.05) is 31.0 Å². The van der Waals surface area contributed by atoms with E-state index in [1.54, 1.807) is 0 Å². The van der Waals surface area contributed by atoms with E-state index < -0.39 is 0 Å². The van der Waals surface area contributed by atoms with Crippen LogP contribution in [0.1, 0.15) is 6.42 Å². The molecule has 1 fully saturated rings. The molecule has 0 bridgehead atoms. The Hall–Kier alpha value is 0.310. The molecule has 0 aliphatic carbocycles. The van der Waals surface area contributed by atoms with Crippen molar-refractivity contribution in [2.45, 2.75) is 6.42 Å². The van der Waals surface area contributed by atoms with Crippen molar-refractivity contribution < 1.29 is 4.74 Å². The first-order chi connectivity index (χ1) is 3.89. The smallest absolute Gasteiger partial charge is 0.131 e. The molecule has 1 heterocycles. The minimum Gasteiger partial charge on any atom is -0.376 e. The topological polar surface area (TPSA) is 9.23 Å². The van der Waals surface area contributed by atoms with Gasteiger partial charge in [0.1, 0.15) is 11.5 Å². The van der Waals surface area contributed by atoms with Crippen LogP contribution in [0.5, 0.6) is 0 Å². The zero-order valence-corrected chi connectivity index (χ0v) is 6.17. The van der Waals surface area contributed by atoms with Crippen LogP contribution in [0.15, 0.2) is 0 Å². The van der Waals surface area contributed by atoms with Crippen molar-refractivity contribution in [3.05, 3.63) is 0 Å². The third-order valence-corrected chi connectivity index (χ3v) is 3.21. The first-order valence-electron chi connectivity index (χ1n) is 3.06. The molecule has 0 radical (unpaired) electrons. The van der Waals surface area contributed by atoms with Gasteiger partial charge in [-0.3, -0.25) is 0 Å². The van der Waals surface area contributed by atoms with E-state index in [9.17, 15) is 0 Å². The lowest BCUT2D eigenvalue weighted by atomic mass is 10.5. The first kappa shape index (κ1) is 6.43. The van der Waals surface area contributed by atoms with Crippen molar-refractivity contribution in [2.24, 2.45) is 0 Å². The van der Waals surface area contributed by atoms with E-state index in [0.717, 1.165) is 13.2 Å². The molecule has 0 spiro atoms. The second-order valence-electron chi connectivity index (χ2n) is 2.16. The number of ether oxygens (including phenoxy) is 1. The van der Waals surface area contributed by atoms with Gasteiger partial charge in [0.15, 0.2) is 0 Å². The van der Waals surface area contributed by atoms with E-state index in [0.29, 0.717) is 10.9 Å². The number of hydrogen-bond donors (Lipinski definition) is 0. The lowest BCUT2D eigenvalue weighted by molar-refractivity contribution is 0.154. The summed E-state index contributed by atoms with van der Waals surface area (Å²) in [6.45, 7) is 2.00. The largest absolute Gasteiger partial charge is 0.376 e. The van der Waals surface area contributed by atoms with Crippen LogP contribution in [0.2, 0.25) is 0 Å². The molecule has 8 heavy (non-hydrogen) atoms. The van der Waals surface area contributed by atoms with E-state index in [1.807, 2.05) is 0 Å². The van der Waals surface area contributed by atoms with E-state index in [-0.39, 0.29) is 0 Å². The molecule has 1 unspecified atom stereocenters. The van der Waals surface area contributed by atoms with Gasteiger partial charge in [-0.25, -0.2) is 0 Å². The Morgan fingerprint density at radius 2 is 2.12 bits per heavy atom. The maximum absolute atomic E-state index is 5.27. The van der Waals surface area contributed by atoms with Gasteiger partial charge in [0.2, 0.25) is 0 Å². The Morgan fingerprint density at radius 3 is 3.00 bits per heavy atom. The summed E-state index contributed by atoms with van der Waals surface area (Å²) in [7, 11) is 0.667. The van der Waals surface area contributed by atoms with Gasteiger partial charge in [-0.2, -0.15) is 0 Å². The minimum atomic E-state index is 0.667. The van der Waals surface area contributed by atoms with Gasteiger partial charge < -0.3 is 4.74 Å². The fourth-order valence-electron chi connectivity index (χ4n) is 0.813. The second kappa shape index (κ2) is 3.36. The predicted molar refractivity (Wildman–Crippen MR) is 38.5 cm³/mol. The van der Waals surface area contributed by atoms with Gasteiger partial charge in [0.25, 0.3) is 0 Å². The highest BCUT2D eigenvalue weighted by molar-refractivity contribution is 7.96. The fraction of sp³-hybridized carbons (Fsp3) is 1.00. The molecule has 1 aliphatic rings. The van der Waals surface area contributed by atoms with Gasteiger partial charge in [0, 0.05) is 6.42 Å². The third kappa shape index (κ3) is 2.05. The number of rotatable bonds is 0. The molecule has 1 atom stereocenters. The fourth-order valence-corrected chi connectivity index (χ4v) is 2.03. The van der Waals surface area contributed by atoms with E-state index in [4.69, 9.17) is 4.74 Å². The highest BCUT2D eigenvalue weighted by Crippen LogP contribution is 2.00. The quantitative estimate of drug-likeness (QED) is 0.441. The standard InChI is InChI=1S/C6H13OS/c1-8-5-2-3-7-4-6-8/h2-6H2,1H3/q+1. The summed E-state index contributed by atoms with van der Waals surface area (Å²) in [6, 6.07) is 0. The molecule has 0 N–H and O–H groups in total. The molecule has 1 rings (SSSR count). The van der Waals surface area contributed by atoms with E-state index >= 15 is 0 Å². The Labute approximate surface area is 53.8 Å². The summed E-state index contributed by atoms with van der Waals surface area (Å²) in [5.74, 6) is 2.68. The van der Waals surface area contributed by atoms with Crippen LogP contribution in [0.4, 0.5) is 0 Å². The summed E-state index contributed by atoms with van der Waals surface area (Å²) >= 11 is 0. The highest BCUT2D eigenvalue weighted by atomic mass is 32.2. The average molecular weight is 133 g/mol. The summed E-state index contributed by atoms with van der Waals surface area (Å²) in [5, 5.41) is 0. The van der Waals surface area contributed by atoms with Crippen LogP contribution in [0.3, 0.4) is 0 Å². The molecule has 1 aliphatic heterocycles. The molecule has 2 heteroatoms. The maximum atomic E-state index is 5.27. The zero-order valence-electron chi connectivity index (χ0n) is 5.35. The van der Waals surface area contributed by atoms with Crippen molar-refractivity contribution in [3.63, 3.8) is 0 Å². The molecule has 0 aromatic carbocycles. The van der Waals surface area contributed by atoms with Crippen LogP contribution in [0.25, 0.3) is 0 Å². The van der Waals surface area contributed by atoms with Gasteiger partial charge in [0.05, 0.1) is 19.5 Å². The Bertz CT molecular complexity index is 57.5. The molecular weight excluding hydrogens is 120 g/mol. The maximum Gasteiger partial charge on any atom is 0.131 e. The molecule has 0 aromatic heterocycles. The lowest BCUT2D eigenvalue weighted by Crippen LogP contribution is -2.09. The third-order valence-electron chi connectivity index (χ3n) is 1.36. The minimum absolute atomic E-state index is 0.667. The lowest BCUT2D eigenvalue weighted by Gasteiger charge is -1.92. The normalized spacial score (nSPS) is 31.9. The molecule has 1 nitrogen and oxygen atoms in total. The van der Waals surface area contributed by atoms with Crippen molar-refractivity contribution in [1.29, 1.82) is 0 Å². The van der Waals surface area contributed by atoms with Crippen LogP contribution in [-0.4, -0.2) is 31.0 Å². The van der Waals surface area contributed by atoms with Crippen LogP contribution >= 0.6 is 0 Å². The molecule has 0 amide bonds. The van der Waals surface area contributed by atoms with Gasteiger partial charge in [-0.05, 0) is 10.9 Å². The SMILES string of the molecule is C[S+]1CCCOCC1. The van der Waals surface area contributed by atoms with Crippen molar-refractivity contribution >= 4 is 10.9 Å². The van der Waals surface area contributed by atoms with E-state index in [2.05, 4.69) is 6.26 Å². The average Bonchev–Trinajstić information content (AvgIpc) is 1.94. The second-order valence-corrected chi connectivity index (χ2v) is 4.54. The summed E-state index contributed by atoms with van der Waals surface area (Å²) in [5.41, 5.74) is 0. The Kier molecular flexibility index (Phi) is 2.70. The summed E-state index contributed by atoms with van der Waals surface area (Å²) in [4.78, 5) is 0. The van der Waals surface area contributed by atoms with Crippen LogP contribution in [0, 0.1) is 0 Å².